The van der Waals surface area contributed by atoms with Crippen molar-refractivity contribution in [1.29, 1.82) is 0 Å². The minimum absolute atomic E-state index is 0.722. The van der Waals surface area contributed by atoms with Crippen LogP contribution < -0.4 is 10.5 Å². The van der Waals surface area contributed by atoms with Crippen LogP contribution in [0.4, 0.5) is 5.69 Å². The average Bonchev–Trinajstić information content (AvgIpc) is 2.60. The summed E-state index contributed by atoms with van der Waals surface area (Å²) in [6.07, 6.45) is 5.77. The Labute approximate surface area is 147 Å². The van der Waals surface area contributed by atoms with Crippen molar-refractivity contribution in [3.63, 3.8) is 0 Å². The molecule has 0 bridgehead atoms. The van der Waals surface area contributed by atoms with Gasteiger partial charge in [0.15, 0.2) is 0 Å². The van der Waals surface area contributed by atoms with Crippen molar-refractivity contribution in [1.82, 2.24) is 0 Å². The van der Waals surface area contributed by atoms with Crippen LogP contribution in [-0.4, -0.2) is 19.8 Å². The van der Waals surface area contributed by atoms with Gasteiger partial charge in [0.1, 0.15) is 5.75 Å². The second-order valence-corrected chi connectivity index (χ2v) is 5.91. The van der Waals surface area contributed by atoms with E-state index >= 15 is 0 Å². The molecule has 24 heavy (non-hydrogen) atoms. The van der Waals surface area contributed by atoms with E-state index in [1.165, 1.54) is 18.2 Å². The lowest BCUT2D eigenvalue weighted by Crippen LogP contribution is -2.00. The molecule has 0 radical (unpaired) electrons. The van der Waals surface area contributed by atoms with E-state index in [-0.39, 0.29) is 0 Å². The molecule has 2 aromatic rings. The predicted octanol–water partition coefficient (Wildman–Crippen LogP) is 5.81. The molecular formula is C21H33NO2. The zero-order valence-corrected chi connectivity index (χ0v) is 15.5. The molecule has 0 aliphatic heterocycles. The summed E-state index contributed by atoms with van der Waals surface area (Å²) >= 11 is 0. The smallest absolute Gasteiger partial charge is 0.142 e. The van der Waals surface area contributed by atoms with Gasteiger partial charge in [0, 0.05) is 13.2 Å². The van der Waals surface area contributed by atoms with E-state index in [1.54, 1.807) is 0 Å². The topological polar surface area (TPSA) is 44.5 Å². The summed E-state index contributed by atoms with van der Waals surface area (Å²) < 4.78 is 10.9. The van der Waals surface area contributed by atoms with E-state index in [0.717, 1.165) is 55.9 Å². The van der Waals surface area contributed by atoms with Crippen LogP contribution in [0.1, 0.15) is 52.9 Å². The second kappa shape index (κ2) is 12.7. The fourth-order valence-corrected chi connectivity index (χ4v) is 2.29. The van der Waals surface area contributed by atoms with Gasteiger partial charge < -0.3 is 15.2 Å². The van der Waals surface area contributed by atoms with Crippen LogP contribution in [0.25, 0.3) is 10.8 Å². The quantitative estimate of drug-likeness (QED) is 0.465. The third-order valence-electron chi connectivity index (χ3n) is 3.58. The van der Waals surface area contributed by atoms with Crippen LogP contribution >= 0.6 is 0 Å². The predicted molar refractivity (Wildman–Crippen MR) is 105 cm³/mol. The molecule has 0 saturated carbocycles. The van der Waals surface area contributed by atoms with Gasteiger partial charge in [-0.3, -0.25) is 0 Å². The largest absolute Gasteiger partial charge is 0.491 e. The SMILES string of the molecule is CCCCCOc1cc2ccccc2cc1N.CCCOCCC. The van der Waals surface area contributed by atoms with Gasteiger partial charge in [0.05, 0.1) is 12.3 Å². The van der Waals surface area contributed by atoms with Crippen molar-refractivity contribution in [3.05, 3.63) is 36.4 Å². The first-order valence-corrected chi connectivity index (χ1v) is 9.21. The van der Waals surface area contributed by atoms with Gasteiger partial charge in [-0.2, -0.15) is 0 Å². The highest BCUT2D eigenvalue weighted by atomic mass is 16.5. The standard InChI is InChI=1S/C15H19NO.C6H14O/c1-2-3-6-9-17-15-11-13-8-5-4-7-12(13)10-14(15)16;1-3-5-7-6-4-2/h4-5,7-8,10-11H,2-3,6,9,16H2,1H3;3-6H2,1-2H3. The second-order valence-electron chi connectivity index (χ2n) is 5.91. The summed E-state index contributed by atoms with van der Waals surface area (Å²) in [5, 5.41) is 2.33. The zero-order valence-electron chi connectivity index (χ0n) is 15.5. The molecule has 3 nitrogen and oxygen atoms in total. The van der Waals surface area contributed by atoms with Crippen molar-refractivity contribution in [2.45, 2.75) is 52.9 Å². The van der Waals surface area contributed by atoms with Crippen molar-refractivity contribution < 1.29 is 9.47 Å². The summed E-state index contributed by atoms with van der Waals surface area (Å²) in [6.45, 7) is 9.02. The highest BCUT2D eigenvalue weighted by Gasteiger charge is 2.02. The van der Waals surface area contributed by atoms with E-state index in [1.807, 2.05) is 24.3 Å². The summed E-state index contributed by atoms with van der Waals surface area (Å²) in [4.78, 5) is 0. The van der Waals surface area contributed by atoms with Gasteiger partial charge in [0.2, 0.25) is 0 Å². The first-order chi connectivity index (χ1) is 11.7. The maximum Gasteiger partial charge on any atom is 0.142 e. The van der Waals surface area contributed by atoms with Crippen LogP contribution in [0, 0.1) is 0 Å². The van der Waals surface area contributed by atoms with Crippen LogP contribution in [-0.2, 0) is 4.74 Å². The fraction of sp³-hybridized carbons (Fsp3) is 0.524. The Morgan fingerprint density at radius 1 is 0.792 bits per heavy atom. The molecule has 3 heteroatoms. The van der Waals surface area contributed by atoms with Crippen molar-refractivity contribution in [2.75, 3.05) is 25.6 Å². The Balaban J connectivity index is 0.000000351. The van der Waals surface area contributed by atoms with Crippen LogP contribution in [0.5, 0.6) is 5.75 Å². The first-order valence-electron chi connectivity index (χ1n) is 9.21. The third kappa shape index (κ3) is 7.69. The van der Waals surface area contributed by atoms with E-state index in [2.05, 4.69) is 32.9 Å². The highest BCUT2D eigenvalue weighted by molar-refractivity contribution is 5.88. The number of ether oxygens (including phenoxy) is 2. The molecule has 0 amide bonds. The molecule has 0 heterocycles. The third-order valence-corrected chi connectivity index (χ3v) is 3.58. The molecule has 2 aromatic carbocycles. The number of fused-ring (bicyclic) bond motifs is 1. The number of benzene rings is 2. The Morgan fingerprint density at radius 2 is 1.42 bits per heavy atom. The highest BCUT2D eigenvalue weighted by Crippen LogP contribution is 2.28. The van der Waals surface area contributed by atoms with Crippen LogP contribution in [0.3, 0.4) is 0 Å². The first kappa shape index (κ1) is 20.3. The van der Waals surface area contributed by atoms with Crippen molar-refractivity contribution >= 4 is 16.5 Å². The fourth-order valence-electron chi connectivity index (χ4n) is 2.29. The average molecular weight is 332 g/mol. The molecule has 0 saturated heterocycles. The summed E-state index contributed by atoms with van der Waals surface area (Å²) in [5.41, 5.74) is 6.70. The number of hydrogen-bond acceptors (Lipinski definition) is 3. The van der Waals surface area contributed by atoms with Gasteiger partial charge in [-0.15, -0.1) is 0 Å². The molecule has 0 aliphatic carbocycles. The van der Waals surface area contributed by atoms with Gasteiger partial charge in [0.25, 0.3) is 0 Å². The zero-order chi connectivity index (χ0) is 17.6. The van der Waals surface area contributed by atoms with E-state index in [0.29, 0.717) is 0 Å². The maximum atomic E-state index is 5.98. The molecular weight excluding hydrogens is 298 g/mol. The Hall–Kier alpha value is -1.74. The molecule has 0 atom stereocenters. The minimum atomic E-state index is 0.722. The van der Waals surface area contributed by atoms with Crippen LogP contribution in [0.15, 0.2) is 36.4 Å². The molecule has 0 aliphatic rings. The molecule has 0 fully saturated rings. The number of nitrogen functional groups attached to an aromatic ring is 1. The van der Waals surface area contributed by atoms with Gasteiger partial charge >= 0.3 is 0 Å². The van der Waals surface area contributed by atoms with E-state index in [9.17, 15) is 0 Å². The van der Waals surface area contributed by atoms with E-state index < -0.39 is 0 Å². The number of nitrogens with two attached hydrogens (primary N) is 1. The summed E-state index contributed by atoms with van der Waals surface area (Å²) in [5.74, 6) is 0.805. The van der Waals surface area contributed by atoms with E-state index in [4.69, 9.17) is 15.2 Å². The van der Waals surface area contributed by atoms with Crippen molar-refractivity contribution in [2.24, 2.45) is 0 Å². The molecule has 2 rings (SSSR count). The number of hydrogen-bond donors (Lipinski definition) is 1. The number of unbranched alkanes of at least 4 members (excludes halogenated alkanes) is 2. The van der Waals surface area contributed by atoms with Crippen LogP contribution in [0.2, 0.25) is 0 Å². The Morgan fingerprint density at radius 3 is 2.00 bits per heavy atom. The molecule has 0 spiro atoms. The van der Waals surface area contributed by atoms with Crippen molar-refractivity contribution in [3.8, 4) is 5.75 Å². The Kier molecular flexibility index (Phi) is 10.7. The summed E-state index contributed by atoms with van der Waals surface area (Å²) in [6, 6.07) is 12.2. The van der Waals surface area contributed by atoms with Gasteiger partial charge in [-0.25, -0.2) is 0 Å². The molecule has 0 aromatic heterocycles. The maximum absolute atomic E-state index is 5.98. The monoisotopic (exact) mass is 331 g/mol. The number of anilines is 1. The molecule has 134 valence electrons. The summed E-state index contributed by atoms with van der Waals surface area (Å²) in [7, 11) is 0. The lowest BCUT2D eigenvalue weighted by Gasteiger charge is -2.10. The molecule has 0 unspecified atom stereocenters. The normalized spacial score (nSPS) is 10.3. The van der Waals surface area contributed by atoms with Gasteiger partial charge in [-0.05, 0) is 42.2 Å². The lowest BCUT2D eigenvalue weighted by molar-refractivity contribution is 0.135. The Bertz CT molecular complexity index is 565. The molecule has 2 N–H and O–H groups in total. The number of rotatable bonds is 9. The lowest BCUT2D eigenvalue weighted by atomic mass is 10.1. The minimum Gasteiger partial charge on any atom is -0.491 e. The van der Waals surface area contributed by atoms with Gasteiger partial charge in [-0.1, -0.05) is 57.9 Å².